The van der Waals surface area contributed by atoms with Crippen LogP contribution in [0.3, 0.4) is 0 Å². The SMILES string of the molecule is O=C(C1CC(=O)N(c2ccc(F)cc2)C1)N1CCN(CCn2cccn2)CC1. The number of amides is 2. The monoisotopic (exact) mass is 385 g/mol. The highest BCUT2D eigenvalue weighted by molar-refractivity contribution is 6.00. The molecule has 8 heteroatoms. The maximum Gasteiger partial charge on any atom is 0.228 e. The molecule has 0 N–H and O–H groups in total. The molecule has 148 valence electrons. The lowest BCUT2D eigenvalue weighted by atomic mass is 10.1. The van der Waals surface area contributed by atoms with E-state index >= 15 is 0 Å². The lowest BCUT2D eigenvalue weighted by molar-refractivity contribution is -0.137. The van der Waals surface area contributed by atoms with Crippen molar-refractivity contribution >= 4 is 17.5 Å². The Kier molecular flexibility index (Phi) is 5.38. The second-order valence-corrected chi connectivity index (χ2v) is 7.32. The van der Waals surface area contributed by atoms with E-state index in [0.717, 1.165) is 26.2 Å². The molecule has 7 nitrogen and oxygen atoms in total. The first kappa shape index (κ1) is 18.6. The zero-order chi connectivity index (χ0) is 19.5. The molecule has 3 heterocycles. The van der Waals surface area contributed by atoms with Crippen molar-refractivity contribution in [3.8, 4) is 0 Å². The fourth-order valence-corrected chi connectivity index (χ4v) is 3.87. The van der Waals surface area contributed by atoms with Gasteiger partial charge < -0.3 is 9.80 Å². The van der Waals surface area contributed by atoms with Crippen LogP contribution in [0, 0.1) is 11.7 Å². The van der Waals surface area contributed by atoms with E-state index in [0.29, 0.717) is 25.3 Å². The number of piperazine rings is 1. The number of aromatic nitrogens is 2. The molecule has 0 saturated carbocycles. The summed E-state index contributed by atoms with van der Waals surface area (Å²) in [4.78, 5) is 31.0. The fourth-order valence-electron chi connectivity index (χ4n) is 3.87. The molecule has 2 aliphatic rings. The van der Waals surface area contributed by atoms with Gasteiger partial charge in [0.15, 0.2) is 0 Å². The van der Waals surface area contributed by atoms with Crippen LogP contribution >= 0.6 is 0 Å². The summed E-state index contributed by atoms with van der Waals surface area (Å²) in [5.74, 6) is -0.700. The molecule has 4 rings (SSSR count). The Hall–Kier alpha value is -2.74. The van der Waals surface area contributed by atoms with Crippen LogP contribution in [0.1, 0.15) is 6.42 Å². The van der Waals surface area contributed by atoms with Crippen LogP contribution in [0.5, 0.6) is 0 Å². The van der Waals surface area contributed by atoms with Gasteiger partial charge in [0.2, 0.25) is 11.8 Å². The molecule has 2 amide bonds. The van der Waals surface area contributed by atoms with E-state index in [1.807, 2.05) is 21.8 Å². The van der Waals surface area contributed by atoms with E-state index < -0.39 is 0 Å². The third-order valence-electron chi connectivity index (χ3n) is 5.50. The van der Waals surface area contributed by atoms with E-state index in [1.165, 1.54) is 12.1 Å². The molecule has 0 spiro atoms. The zero-order valence-corrected chi connectivity index (χ0v) is 15.7. The molecule has 2 aliphatic heterocycles. The summed E-state index contributed by atoms with van der Waals surface area (Å²) in [7, 11) is 0. The summed E-state index contributed by atoms with van der Waals surface area (Å²) >= 11 is 0. The normalized spacial score (nSPS) is 20.8. The number of hydrogen-bond donors (Lipinski definition) is 0. The highest BCUT2D eigenvalue weighted by Gasteiger charge is 2.37. The van der Waals surface area contributed by atoms with Gasteiger partial charge in [0.1, 0.15) is 5.82 Å². The summed E-state index contributed by atoms with van der Waals surface area (Å²) < 4.78 is 15.0. The molecule has 2 saturated heterocycles. The number of rotatable bonds is 5. The molecule has 2 fully saturated rings. The highest BCUT2D eigenvalue weighted by atomic mass is 19.1. The van der Waals surface area contributed by atoms with E-state index in [1.54, 1.807) is 23.2 Å². The number of halogens is 1. The summed E-state index contributed by atoms with van der Waals surface area (Å²) in [6, 6.07) is 7.74. The lowest BCUT2D eigenvalue weighted by Gasteiger charge is -2.35. The van der Waals surface area contributed by atoms with Crippen LogP contribution in [0.25, 0.3) is 0 Å². The van der Waals surface area contributed by atoms with E-state index in [4.69, 9.17) is 0 Å². The maximum absolute atomic E-state index is 13.1. The van der Waals surface area contributed by atoms with Gasteiger partial charge >= 0.3 is 0 Å². The first-order valence-electron chi connectivity index (χ1n) is 9.64. The maximum atomic E-state index is 13.1. The van der Waals surface area contributed by atoms with Crippen molar-refractivity contribution in [2.75, 3.05) is 44.2 Å². The van der Waals surface area contributed by atoms with Gasteiger partial charge in [0.25, 0.3) is 0 Å². The molecule has 1 aromatic heterocycles. The van der Waals surface area contributed by atoms with E-state index in [9.17, 15) is 14.0 Å². The number of hydrogen-bond acceptors (Lipinski definition) is 4. The molecule has 1 unspecified atom stereocenters. The molecule has 0 aliphatic carbocycles. The summed E-state index contributed by atoms with van der Waals surface area (Å²) in [6.45, 7) is 5.13. The topological polar surface area (TPSA) is 61.7 Å². The standard InChI is InChI=1S/C20H24FN5O2/c21-17-2-4-18(5-3-17)26-15-16(14-19(26)27)20(28)24-11-8-23(9-12-24)10-13-25-7-1-6-22-25/h1-7,16H,8-15H2. The van der Waals surface area contributed by atoms with Crippen molar-refractivity contribution in [2.45, 2.75) is 13.0 Å². The first-order valence-corrected chi connectivity index (χ1v) is 9.64. The van der Waals surface area contributed by atoms with Crippen molar-refractivity contribution < 1.29 is 14.0 Å². The first-order chi connectivity index (χ1) is 13.6. The quantitative estimate of drug-likeness (QED) is 0.777. The minimum atomic E-state index is -0.339. The molecular formula is C20H24FN5O2. The van der Waals surface area contributed by atoms with E-state index in [-0.39, 0.29) is 30.0 Å². The summed E-state index contributed by atoms with van der Waals surface area (Å²) in [5, 5.41) is 4.21. The average molecular weight is 385 g/mol. The largest absolute Gasteiger partial charge is 0.340 e. The number of nitrogens with zero attached hydrogens (tertiary/aromatic N) is 5. The van der Waals surface area contributed by atoms with Gasteiger partial charge in [0, 0.05) is 63.8 Å². The summed E-state index contributed by atoms with van der Waals surface area (Å²) in [6.07, 6.45) is 3.94. The predicted molar refractivity (Wildman–Crippen MR) is 102 cm³/mol. The highest BCUT2D eigenvalue weighted by Crippen LogP contribution is 2.26. The average Bonchev–Trinajstić information content (AvgIpc) is 3.37. The van der Waals surface area contributed by atoms with Gasteiger partial charge in [-0.15, -0.1) is 0 Å². The van der Waals surface area contributed by atoms with Crippen LogP contribution in [0.15, 0.2) is 42.7 Å². The number of benzene rings is 1. The Balaban J connectivity index is 1.28. The predicted octanol–water partition coefficient (Wildman–Crippen LogP) is 1.22. The number of carbonyl (C=O) groups is 2. The van der Waals surface area contributed by atoms with Crippen LogP contribution < -0.4 is 4.90 Å². The number of carbonyl (C=O) groups excluding carboxylic acids is 2. The Bertz CT molecular complexity index is 816. The van der Waals surface area contributed by atoms with Gasteiger partial charge in [0.05, 0.1) is 12.5 Å². The van der Waals surface area contributed by atoms with E-state index in [2.05, 4.69) is 10.00 Å². The van der Waals surface area contributed by atoms with Gasteiger partial charge in [-0.3, -0.25) is 19.2 Å². The van der Waals surface area contributed by atoms with Gasteiger partial charge in [-0.1, -0.05) is 0 Å². The van der Waals surface area contributed by atoms with Crippen molar-refractivity contribution in [3.63, 3.8) is 0 Å². The second-order valence-electron chi connectivity index (χ2n) is 7.32. The zero-order valence-electron chi connectivity index (χ0n) is 15.7. The van der Waals surface area contributed by atoms with Crippen molar-refractivity contribution in [1.29, 1.82) is 0 Å². The summed E-state index contributed by atoms with van der Waals surface area (Å²) in [5.41, 5.74) is 0.644. The van der Waals surface area contributed by atoms with Crippen molar-refractivity contribution in [1.82, 2.24) is 19.6 Å². The molecule has 1 aromatic carbocycles. The van der Waals surface area contributed by atoms with Crippen LogP contribution in [0.2, 0.25) is 0 Å². The molecular weight excluding hydrogens is 361 g/mol. The Morgan fingerprint density at radius 3 is 2.54 bits per heavy atom. The lowest BCUT2D eigenvalue weighted by Crippen LogP contribution is -2.51. The molecule has 28 heavy (non-hydrogen) atoms. The Morgan fingerprint density at radius 1 is 1.11 bits per heavy atom. The second kappa shape index (κ2) is 8.10. The molecule has 1 atom stereocenters. The minimum absolute atomic E-state index is 0.0460. The smallest absolute Gasteiger partial charge is 0.228 e. The van der Waals surface area contributed by atoms with Crippen LogP contribution in [-0.2, 0) is 16.1 Å². The third-order valence-corrected chi connectivity index (χ3v) is 5.50. The number of anilines is 1. The van der Waals surface area contributed by atoms with Crippen LogP contribution in [0.4, 0.5) is 10.1 Å². The van der Waals surface area contributed by atoms with Gasteiger partial charge in [-0.2, -0.15) is 5.10 Å². The van der Waals surface area contributed by atoms with Gasteiger partial charge in [-0.25, -0.2) is 4.39 Å². The molecule has 2 aromatic rings. The van der Waals surface area contributed by atoms with Crippen molar-refractivity contribution in [2.24, 2.45) is 5.92 Å². The Morgan fingerprint density at radius 2 is 1.86 bits per heavy atom. The fraction of sp³-hybridized carbons (Fsp3) is 0.450. The van der Waals surface area contributed by atoms with Crippen molar-refractivity contribution in [3.05, 3.63) is 48.5 Å². The Labute approximate surface area is 163 Å². The van der Waals surface area contributed by atoms with Crippen LogP contribution in [-0.4, -0.2) is 70.7 Å². The third kappa shape index (κ3) is 4.06. The minimum Gasteiger partial charge on any atom is -0.340 e. The molecule has 0 bridgehead atoms. The van der Waals surface area contributed by atoms with Gasteiger partial charge in [-0.05, 0) is 30.3 Å². The molecule has 0 radical (unpaired) electrons.